The molecule has 0 aliphatic heterocycles. The van der Waals surface area contributed by atoms with E-state index in [1.165, 1.54) is 122 Å². The summed E-state index contributed by atoms with van der Waals surface area (Å²) < 4.78 is 16.9. The van der Waals surface area contributed by atoms with E-state index in [2.05, 4.69) is 142 Å². The maximum atomic E-state index is 12.9. The first-order valence-corrected chi connectivity index (χ1v) is 32.5. The Bertz CT molecular complexity index is 1620. The fourth-order valence-electron chi connectivity index (χ4n) is 8.91. The fourth-order valence-corrected chi connectivity index (χ4v) is 8.91. The molecule has 0 N–H and O–H groups in total. The summed E-state index contributed by atoms with van der Waals surface area (Å²) in [5, 5.41) is 0. The molecule has 1 atom stereocenters. The lowest BCUT2D eigenvalue weighted by molar-refractivity contribution is -0.167. The summed E-state index contributed by atoms with van der Waals surface area (Å²) in [4.78, 5) is 38.3. The van der Waals surface area contributed by atoms with E-state index in [0.717, 1.165) is 135 Å². The number of hydrogen-bond acceptors (Lipinski definition) is 6. The third kappa shape index (κ3) is 62.7. The second-order valence-corrected chi connectivity index (χ2v) is 21.3. The summed E-state index contributed by atoms with van der Waals surface area (Å²) in [5.74, 6) is -0.899. The molecule has 0 aliphatic rings. The molecular weight excluding hydrogens is 961 g/mol. The number of unbranched alkanes of at least 4 members (excludes halogenated alkanes) is 27. The van der Waals surface area contributed by atoms with Gasteiger partial charge in [0.1, 0.15) is 13.2 Å². The van der Waals surface area contributed by atoms with E-state index in [1.54, 1.807) is 0 Å². The first-order chi connectivity index (χ1) is 38.5. The van der Waals surface area contributed by atoms with Crippen LogP contribution in [0.4, 0.5) is 0 Å². The van der Waals surface area contributed by atoms with Crippen LogP contribution in [0.2, 0.25) is 0 Å². The van der Waals surface area contributed by atoms with Gasteiger partial charge in [0.05, 0.1) is 0 Å². The molecule has 6 nitrogen and oxygen atoms in total. The number of carbonyl (C=O) groups is 3. The van der Waals surface area contributed by atoms with Crippen molar-refractivity contribution in [1.82, 2.24) is 0 Å². The zero-order chi connectivity index (χ0) is 56.4. The van der Waals surface area contributed by atoms with Crippen LogP contribution in [0, 0.1) is 0 Å². The molecule has 1 unspecified atom stereocenters. The van der Waals surface area contributed by atoms with Crippen molar-refractivity contribution in [2.45, 2.75) is 303 Å². The van der Waals surface area contributed by atoms with Gasteiger partial charge in [0.15, 0.2) is 6.10 Å². The Morgan fingerprint density at radius 1 is 0.269 bits per heavy atom. The summed E-state index contributed by atoms with van der Waals surface area (Å²) in [7, 11) is 0. The molecule has 0 saturated carbocycles. The van der Waals surface area contributed by atoms with Crippen LogP contribution in [0.25, 0.3) is 0 Å². The molecule has 6 heteroatoms. The maximum absolute atomic E-state index is 12.9. The number of allylic oxidation sites excluding steroid dienone is 20. The molecular formula is C72H120O6. The van der Waals surface area contributed by atoms with E-state index >= 15 is 0 Å². The minimum atomic E-state index is -0.790. The molecule has 0 radical (unpaired) electrons. The lowest BCUT2D eigenvalue weighted by atomic mass is 10.0. The van der Waals surface area contributed by atoms with Gasteiger partial charge in [0, 0.05) is 19.3 Å². The van der Waals surface area contributed by atoms with Gasteiger partial charge in [-0.05, 0) is 109 Å². The average molecular weight is 1080 g/mol. The van der Waals surface area contributed by atoms with Gasteiger partial charge in [-0.15, -0.1) is 0 Å². The number of hydrogen-bond donors (Lipinski definition) is 0. The van der Waals surface area contributed by atoms with E-state index in [9.17, 15) is 14.4 Å². The van der Waals surface area contributed by atoms with Crippen LogP contribution in [-0.4, -0.2) is 37.2 Å². The Morgan fingerprint density at radius 2 is 0.500 bits per heavy atom. The van der Waals surface area contributed by atoms with Crippen LogP contribution >= 0.6 is 0 Å². The largest absolute Gasteiger partial charge is 0.462 e. The highest BCUT2D eigenvalue weighted by Crippen LogP contribution is 2.16. The van der Waals surface area contributed by atoms with Crippen molar-refractivity contribution in [2.24, 2.45) is 0 Å². The quantitative estimate of drug-likeness (QED) is 0.0261. The number of ether oxygens (including phenoxy) is 3. The van der Waals surface area contributed by atoms with E-state index in [0.29, 0.717) is 19.3 Å². The summed E-state index contributed by atoms with van der Waals surface area (Å²) in [6, 6.07) is 0. The molecule has 444 valence electrons. The van der Waals surface area contributed by atoms with Gasteiger partial charge in [-0.25, -0.2) is 0 Å². The van der Waals surface area contributed by atoms with Crippen molar-refractivity contribution in [3.63, 3.8) is 0 Å². The van der Waals surface area contributed by atoms with Gasteiger partial charge in [0.25, 0.3) is 0 Å². The Hall–Kier alpha value is -4.19. The molecule has 0 fully saturated rings. The maximum Gasteiger partial charge on any atom is 0.306 e. The lowest BCUT2D eigenvalue weighted by Gasteiger charge is -2.18. The SMILES string of the molecule is CC/C=C\C/C=C\C/C=C\C/C=C\C/C=C\C/C=C\C/C=C\CCCCCCCCCC(=O)OCC(COC(=O)CCCCCCCCCCCCCCCC)OC(=O)CCCCCCCCC/C=C\C/C=C\C/C=C\CC. The molecule has 0 saturated heterocycles. The first-order valence-electron chi connectivity index (χ1n) is 32.5. The van der Waals surface area contributed by atoms with Gasteiger partial charge in [0.2, 0.25) is 0 Å². The van der Waals surface area contributed by atoms with Crippen molar-refractivity contribution in [3.8, 4) is 0 Å². The lowest BCUT2D eigenvalue weighted by Crippen LogP contribution is -2.30. The normalized spacial score (nSPS) is 12.9. The van der Waals surface area contributed by atoms with E-state index in [4.69, 9.17) is 14.2 Å². The Labute approximate surface area is 482 Å². The highest BCUT2D eigenvalue weighted by Gasteiger charge is 2.19. The molecule has 0 aliphatic carbocycles. The van der Waals surface area contributed by atoms with Crippen LogP contribution in [-0.2, 0) is 28.6 Å². The van der Waals surface area contributed by atoms with Gasteiger partial charge in [-0.3, -0.25) is 14.4 Å². The highest BCUT2D eigenvalue weighted by atomic mass is 16.6. The topological polar surface area (TPSA) is 78.9 Å². The van der Waals surface area contributed by atoms with Crippen LogP contribution in [0.5, 0.6) is 0 Å². The summed E-state index contributed by atoms with van der Waals surface area (Å²) in [6.45, 7) is 6.42. The molecule has 0 aromatic rings. The van der Waals surface area contributed by atoms with Crippen molar-refractivity contribution in [2.75, 3.05) is 13.2 Å². The monoisotopic (exact) mass is 1080 g/mol. The van der Waals surface area contributed by atoms with Crippen LogP contribution in [0.15, 0.2) is 122 Å². The molecule has 0 bridgehead atoms. The predicted molar refractivity (Wildman–Crippen MR) is 339 cm³/mol. The molecule has 78 heavy (non-hydrogen) atoms. The molecule has 0 rings (SSSR count). The molecule has 0 spiro atoms. The van der Waals surface area contributed by atoms with Crippen LogP contribution in [0.1, 0.15) is 297 Å². The first kappa shape index (κ1) is 73.8. The second-order valence-electron chi connectivity index (χ2n) is 21.3. The van der Waals surface area contributed by atoms with Gasteiger partial charge in [-0.1, -0.05) is 290 Å². The van der Waals surface area contributed by atoms with E-state index in [-0.39, 0.29) is 31.1 Å². The van der Waals surface area contributed by atoms with Crippen molar-refractivity contribution >= 4 is 17.9 Å². The molecule has 0 heterocycles. The summed E-state index contributed by atoms with van der Waals surface area (Å²) in [5.41, 5.74) is 0. The third-order valence-electron chi connectivity index (χ3n) is 13.7. The predicted octanol–water partition coefficient (Wildman–Crippen LogP) is 22.4. The minimum absolute atomic E-state index is 0.0851. The van der Waals surface area contributed by atoms with Crippen LogP contribution < -0.4 is 0 Å². The third-order valence-corrected chi connectivity index (χ3v) is 13.7. The van der Waals surface area contributed by atoms with Gasteiger partial charge in [-0.2, -0.15) is 0 Å². The van der Waals surface area contributed by atoms with Gasteiger partial charge < -0.3 is 14.2 Å². The van der Waals surface area contributed by atoms with Crippen LogP contribution in [0.3, 0.4) is 0 Å². The summed E-state index contributed by atoms with van der Waals surface area (Å²) >= 11 is 0. The Balaban J connectivity index is 4.35. The standard InChI is InChI=1S/C72H120O6/c1-4-7-10-13-16-19-22-25-28-30-31-32-33-34-35-36-37-38-39-40-41-43-44-47-50-53-56-59-62-65-71(74)77-68-69(67-76-70(73)64-61-58-55-52-49-46-27-24-21-18-15-12-9-6-3)78-72(75)66-63-60-57-54-51-48-45-42-29-26-23-20-17-14-11-8-5-2/h7-8,10-11,16-17,19-20,25-26,28-29,31-32,34-35,37-38,40-41,69H,4-6,9,12-15,18,21-24,27,30,33,36,39,42-68H2,1-3H3/b10-7-,11-8-,19-16-,20-17-,28-25-,29-26-,32-31-,35-34-,38-37-,41-40-. The molecule has 0 amide bonds. The Kier molecular flexibility index (Phi) is 61.8. The van der Waals surface area contributed by atoms with Crippen molar-refractivity contribution < 1.29 is 28.6 Å². The van der Waals surface area contributed by atoms with Crippen molar-refractivity contribution in [1.29, 1.82) is 0 Å². The zero-order valence-electron chi connectivity index (χ0n) is 50.9. The fraction of sp³-hybridized carbons (Fsp3) is 0.681. The minimum Gasteiger partial charge on any atom is -0.462 e. The van der Waals surface area contributed by atoms with E-state index in [1.807, 2.05) is 0 Å². The number of carbonyl (C=O) groups excluding carboxylic acids is 3. The van der Waals surface area contributed by atoms with E-state index < -0.39 is 6.10 Å². The van der Waals surface area contributed by atoms with Crippen molar-refractivity contribution in [3.05, 3.63) is 122 Å². The average Bonchev–Trinajstić information content (AvgIpc) is 3.44. The zero-order valence-corrected chi connectivity index (χ0v) is 50.9. The molecule has 0 aromatic carbocycles. The second kappa shape index (κ2) is 65.3. The van der Waals surface area contributed by atoms with Gasteiger partial charge >= 0.3 is 17.9 Å². The number of rotatable bonds is 58. The smallest absolute Gasteiger partial charge is 0.306 e. The summed E-state index contributed by atoms with van der Waals surface area (Å²) in [6.07, 6.45) is 90.6. The molecule has 0 aromatic heterocycles. The Morgan fingerprint density at radius 3 is 0.782 bits per heavy atom. The highest BCUT2D eigenvalue weighted by molar-refractivity contribution is 5.71. The number of esters is 3.